The van der Waals surface area contributed by atoms with Gasteiger partial charge >= 0.3 is 0 Å². The van der Waals surface area contributed by atoms with Gasteiger partial charge in [-0.3, -0.25) is 9.88 Å². The minimum absolute atomic E-state index is 0.766. The quantitative estimate of drug-likeness (QED) is 0.757. The molecule has 0 spiro atoms. The molecule has 0 aromatic carbocycles. The lowest BCUT2D eigenvalue weighted by Gasteiger charge is -2.32. The van der Waals surface area contributed by atoms with Crippen LogP contribution in [0, 0.1) is 5.92 Å². The molecule has 0 amide bonds. The van der Waals surface area contributed by atoms with Gasteiger partial charge in [0.05, 0.1) is 6.61 Å². The molecule has 1 saturated heterocycles. The van der Waals surface area contributed by atoms with Crippen LogP contribution in [0.1, 0.15) is 18.4 Å². The van der Waals surface area contributed by atoms with Crippen LogP contribution in [0.3, 0.4) is 0 Å². The number of likely N-dealkylation sites (tertiary alicyclic amines) is 1. The van der Waals surface area contributed by atoms with E-state index in [1.54, 1.807) is 7.11 Å². The first-order chi connectivity index (χ1) is 9.38. The zero-order valence-electron chi connectivity index (χ0n) is 11.8. The first-order valence-electron chi connectivity index (χ1n) is 7.19. The Labute approximate surface area is 116 Å². The average Bonchev–Trinajstić information content (AvgIpc) is 2.45. The Morgan fingerprint density at radius 2 is 2.47 bits per heavy atom. The van der Waals surface area contributed by atoms with E-state index in [1.807, 2.05) is 18.5 Å². The maximum absolute atomic E-state index is 5.05. The predicted molar refractivity (Wildman–Crippen MR) is 77.0 cm³/mol. The van der Waals surface area contributed by atoms with E-state index in [-0.39, 0.29) is 0 Å². The number of hydrogen-bond donors (Lipinski definition) is 1. The van der Waals surface area contributed by atoms with Crippen molar-refractivity contribution < 1.29 is 4.74 Å². The van der Waals surface area contributed by atoms with E-state index in [9.17, 15) is 0 Å². The Kier molecular flexibility index (Phi) is 6.27. The number of aromatic nitrogens is 1. The fraction of sp³-hybridized carbons (Fsp3) is 0.667. The number of nitrogens with zero attached hydrogens (tertiary/aromatic N) is 2. The summed E-state index contributed by atoms with van der Waals surface area (Å²) in [4.78, 5) is 6.73. The maximum atomic E-state index is 5.05. The second kappa shape index (κ2) is 8.25. The van der Waals surface area contributed by atoms with Crippen molar-refractivity contribution in [3.05, 3.63) is 30.1 Å². The monoisotopic (exact) mass is 263 g/mol. The van der Waals surface area contributed by atoms with Crippen molar-refractivity contribution in [3.63, 3.8) is 0 Å². The molecule has 0 bridgehead atoms. The number of ether oxygens (including phenoxy) is 1. The molecule has 1 atom stereocenters. The number of pyridine rings is 1. The van der Waals surface area contributed by atoms with E-state index in [0.717, 1.165) is 32.2 Å². The summed E-state index contributed by atoms with van der Waals surface area (Å²) in [6.07, 6.45) is 6.45. The van der Waals surface area contributed by atoms with Gasteiger partial charge in [-0.05, 0) is 43.5 Å². The summed E-state index contributed by atoms with van der Waals surface area (Å²) in [5.74, 6) is 0.766. The van der Waals surface area contributed by atoms with Crippen molar-refractivity contribution in [2.24, 2.45) is 5.92 Å². The first-order valence-corrected chi connectivity index (χ1v) is 7.19. The van der Waals surface area contributed by atoms with Crippen molar-refractivity contribution >= 4 is 0 Å². The summed E-state index contributed by atoms with van der Waals surface area (Å²) in [5.41, 5.74) is 1.32. The van der Waals surface area contributed by atoms with E-state index < -0.39 is 0 Å². The summed E-state index contributed by atoms with van der Waals surface area (Å²) in [6.45, 7) is 6.29. The molecule has 106 valence electrons. The maximum Gasteiger partial charge on any atom is 0.0587 e. The Morgan fingerprint density at radius 3 is 3.26 bits per heavy atom. The van der Waals surface area contributed by atoms with Gasteiger partial charge in [0.2, 0.25) is 0 Å². The molecule has 1 aliphatic rings. The SMILES string of the molecule is COCCNCC1CCCN(Cc2cccnc2)C1. The molecular formula is C15H25N3O. The molecule has 2 heterocycles. The molecule has 4 heteroatoms. The fourth-order valence-corrected chi connectivity index (χ4v) is 2.69. The summed E-state index contributed by atoms with van der Waals surface area (Å²) in [5, 5.41) is 3.48. The highest BCUT2D eigenvalue weighted by Crippen LogP contribution is 2.17. The van der Waals surface area contributed by atoms with E-state index in [2.05, 4.69) is 21.3 Å². The number of hydrogen-bond acceptors (Lipinski definition) is 4. The Balaban J connectivity index is 1.71. The number of nitrogens with one attached hydrogen (secondary N) is 1. The summed E-state index contributed by atoms with van der Waals surface area (Å²) >= 11 is 0. The molecular weight excluding hydrogens is 238 g/mol. The standard InChI is InChI=1S/C15H25N3O/c1-19-9-7-17-11-15-5-3-8-18(13-15)12-14-4-2-6-16-10-14/h2,4,6,10,15,17H,3,5,7-9,11-13H2,1H3. The fourth-order valence-electron chi connectivity index (χ4n) is 2.69. The van der Waals surface area contributed by atoms with Crippen LogP contribution in [-0.2, 0) is 11.3 Å². The highest BCUT2D eigenvalue weighted by molar-refractivity contribution is 5.08. The minimum Gasteiger partial charge on any atom is -0.383 e. The topological polar surface area (TPSA) is 37.4 Å². The van der Waals surface area contributed by atoms with Gasteiger partial charge in [-0.2, -0.15) is 0 Å². The zero-order chi connectivity index (χ0) is 13.3. The Bertz CT molecular complexity index is 345. The predicted octanol–water partition coefficient (Wildman–Crippen LogP) is 1.53. The average molecular weight is 263 g/mol. The van der Waals surface area contributed by atoms with Gasteiger partial charge in [-0.1, -0.05) is 6.07 Å². The van der Waals surface area contributed by atoms with Crippen LogP contribution in [0.4, 0.5) is 0 Å². The van der Waals surface area contributed by atoms with E-state index >= 15 is 0 Å². The van der Waals surface area contributed by atoms with Gasteiger partial charge in [0.15, 0.2) is 0 Å². The third-order valence-electron chi connectivity index (χ3n) is 3.65. The summed E-state index contributed by atoms with van der Waals surface area (Å²) < 4.78 is 5.05. The van der Waals surface area contributed by atoms with Gasteiger partial charge in [0.1, 0.15) is 0 Å². The van der Waals surface area contributed by atoms with Gasteiger partial charge in [-0.15, -0.1) is 0 Å². The number of piperidine rings is 1. The molecule has 4 nitrogen and oxygen atoms in total. The highest BCUT2D eigenvalue weighted by atomic mass is 16.5. The van der Waals surface area contributed by atoms with Crippen LogP contribution in [-0.4, -0.2) is 49.8 Å². The molecule has 0 saturated carbocycles. The smallest absolute Gasteiger partial charge is 0.0587 e. The molecule has 1 N–H and O–H groups in total. The lowest BCUT2D eigenvalue weighted by Crippen LogP contribution is -2.39. The minimum atomic E-state index is 0.766. The molecule has 0 aliphatic carbocycles. The number of methoxy groups -OCH3 is 1. The second-order valence-corrected chi connectivity index (χ2v) is 5.30. The van der Waals surface area contributed by atoms with Crippen molar-refractivity contribution in [2.45, 2.75) is 19.4 Å². The van der Waals surface area contributed by atoms with Crippen LogP contribution in [0.15, 0.2) is 24.5 Å². The molecule has 0 radical (unpaired) electrons. The van der Waals surface area contributed by atoms with E-state index in [0.29, 0.717) is 0 Å². The van der Waals surface area contributed by atoms with Gasteiger partial charge < -0.3 is 10.1 Å². The van der Waals surface area contributed by atoms with Gasteiger partial charge in [-0.25, -0.2) is 0 Å². The molecule has 2 rings (SSSR count). The molecule has 1 aromatic rings. The molecule has 1 unspecified atom stereocenters. The van der Waals surface area contributed by atoms with Crippen molar-refractivity contribution in [2.75, 3.05) is 39.9 Å². The lowest BCUT2D eigenvalue weighted by molar-refractivity contribution is 0.159. The molecule has 1 aromatic heterocycles. The van der Waals surface area contributed by atoms with E-state index in [1.165, 1.54) is 31.5 Å². The van der Waals surface area contributed by atoms with Crippen LogP contribution >= 0.6 is 0 Å². The van der Waals surface area contributed by atoms with Crippen molar-refractivity contribution in [1.29, 1.82) is 0 Å². The summed E-state index contributed by atoms with van der Waals surface area (Å²) in [6, 6.07) is 4.18. The second-order valence-electron chi connectivity index (χ2n) is 5.30. The van der Waals surface area contributed by atoms with E-state index in [4.69, 9.17) is 4.74 Å². The molecule has 1 fully saturated rings. The molecule has 19 heavy (non-hydrogen) atoms. The number of rotatable bonds is 7. The third-order valence-corrected chi connectivity index (χ3v) is 3.65. The van der Waals surface area contributed by atoms with Crippen molar-refractivity contribution in [3.8, 4) is 0 Å². The van der Waals surface area contributed by atoms with Crippen LogP contribution in [0.25, 0.3) is 0 Å². The Morgan fingerprint density at radius 1 is 1.53 bits per heavy atom. The van der Waals surface area contributed by atoms with Gasteiger partial charge in [0.25, 0.3) is 0 Å². The Hall–Kier alpha value is -0.970. The highest BCUT2D eigenvalue weighted by Gasteiger charge is 2.19. The van der Waals surface area contributed by atoms with Gasteiger partial charge in [0, 0.05) is 39.1 Å². The first kappa shape index (κ1) is 14.4. The molecule has 1 aliphatic heterocycles. The summed E-state index contributed by atoms with van der Waals surface area (Å²) in [7, 11) is 1.75. The normalized spacial score (nSPS) is 20.6. The van der Waals surface area contributed by atoms with Crippen LogP contribution in [0.5, 0.6) is 0 Å². The van der Waals surface area contributed by atoms with Crippen LogP contribution in [0.2, 0.25) is 0 Å². The third kappa shape index (κ3) is 5.27. The lowest BCUT2D eigenvalue weighted by atomic mass is 9.97. The zero-order valence-corrected chi connectivity index (χ0v) is 11.8. The largest absolute Gasteiger partial charge is 0.383 e. The van der Waals surface area contributed by atoms with Crippen molar-refractivity contribution in [1.82, 2.24) is 15.2 Å². The van der Waals surface area contributed by atoms with Crippen LogP contribution < -0.4 is 5.32 Å².